The summed E-state index contributed by atoms with van der Waals surface area (Å²) >= 11 is 0. The molecular formula is C18H25F3IN3O2. The lowest BCUT2D eigenvalue weighted by Crippen LogP contribution is -2.42. The summed E-state index contributed by atoms with van der Waals surface area (Å²) in [6.45, 7) is 2.39. The van der Waals surface area contributed by atoms with E-state index in [1.54, 1.807) is 25.2 Å². The monoisotopic (exact) mass is 499 g/mol. The van der Waals surface area contributed by atoms with Crippen molar-refractivity contribution in [1.29, 1.82) is 0 Å². The van der Waals surface area contributed by atoms with Crippen molar-refractivity contribution >= 4 is 29.9 Å². The number of halogens is 4. The highest BCUT2D eigenvalue weighted by Gasteiger charge is 2.42. The Hall–Kier alpha value is -1.23. The van der Waals surface area contributed by atoms with E-state index in [0.29, 0.717) is 11.5 Å². The lowest BCUT2D eigenvalue weighted by Gasteiger charge is -2.24. The second-order valence-corrected chi connectivity index (χ2v) is 6.84. The number of benzene rings is 1. The largest absolute Gasteiger partial charge is 0.573 e. The van der Waals surface area contributed by atoms with Crippen LogP contribution in [0.1, 0.15) is 24.3 Å². The van der Waals surface area contributed by atoms with Crippen LogP contribution in [0.2, 0.25) is 0 Å². The summed E-state index contributed by atoms with van der Waals surface area (Å²) in [6, 6.07) is 6.38. The van der Waals surface area contributed by atoms with Crippen molar-refractivity contribution in [3.63, 3.8) is 0 Å². The van der Waals surface area contributed by atoms with Crippen molar-refractivity contribution in [3.05, 3.63) is 29.8 Å². The molecular weight excluding hydrogens is 474 g/mol. The van der Waals surface area contributed by atoms with E-state index in [4.69, 9.17) is 4.74 Å². The van der Waals surface area contributed by atoms with Crippen molar-refractivity contribution in [2.45, 2.75) is 31.2 Å². The van der Waals surface area contributed by atoms with Gasteiger partial charge in [-0.1, -0.05) is 18.2 Å². The average Bonchev–Trinajstić information content (AvgIpc) is 3.15. The molecule has 3 rings (SSSR count). The van der Waals surface area contributed by atoms with E-state index >= 15 is 0 Å². The van der Waals surface area contributed by atoms with Crippen LogP contribution in [0, 0.1) is 5.92 Å². The quantitative estimate of drug-likeness (QED) is 0.382. The maximum absolute atomic E-state index is 12.6. The number of nitrogens with zero attached hydrogens (tertiary/aromatic N) is 2. The van der Waals surface area contributed by atoms with Gasteiger partial charge in [0, 0.05) is 45.1 Å². The maximum Gasteiger partial charge on any atom is 0.573 e. The van der Waals surface area contributed by atoms with Gasteiger partial charge in [-0.3, -0.25) is 4.99 Å². The molecule has 1 aliphatic carbocycles. The van der Waals surface area contributed by atoms with E-state index in [2.05, 4.69) is 15.0 Å². The molecule has 9 heteroatoms. The Labute approximate surface area is 174 Å². The van der Waals surface area contributed by atoms with Gasteiger partial charge in [-0.25, -0.2) is 0 Å². The van der Waals surface area contributed by atoms with E-state index in [1.165, 1.54) is 6.07 Å². The molecule has 152 valence electrons. The Kier molecular flexibility index (Phi) is 7.61. The Morgan fingerprint density at radius 3 is 2.74 bits per heavy atom. The second-order valence-electron chi connectivity index (χ2n) is 6.84. The standard InChI is InChI=1S/C18H24F3N3O2.HI/c1-22-17(24(2)10-12-7-8-25-11-12)23-15-9-14(15)13-5-3-4-6-16(13)26-18(19,20)21;/h3-6,12,14-15H,7-11H2,1-2H3,(H,22,23);1H. The normalized spacial score (nSPS) is 24.9. The Morgan fingerprint density at radius 2 is 2.11 bits per heavy atom. The van der Waals surface area contributed by atoms with Crippen LogP contribution in [-0.2, 0) is 4.74 Å². The lowest BCUT2D eigenvalue weighted by atomic mass is 10.1. The topological polar surface area (TPSA) is 46.1 Å². The van der Waals surface area contributed by atoms with Crippen LogP contribution in [0.15, 0.2) is 29.3 Å². The molecule has 27 heavy (non-hydrogen) atoms. The SMILES string of the molecule is CN=C(NC1CC1c1ccccc1OC(F)(F)F)N(C)CC1CCOC1.I. The molecule has 0 bridgehead atoms. The van der Waals surface area contributed by atoms with Gasteiger partial charge in [0.25, 0.3) is 0 Å². The van der Waals surface area contributed by atoms with Crippen LogP contribution in [0.4, 0.5) is 13.2 Å². The van der Waals surface area contributed by atoms with Crippen molar-refractivity contribution in [3.8, 4) is 5.75 Å². The highest BCUT2D eigenvalue weighted by molar-refractivity contribution is 14.0. The lowest BCUT2D eigenvalue weighted by molar-refractivity contribution is -0.274. The summed E-state index contributed by atoms with van der Waals surface area (Å²) in [7, 11) is 3.67. The molecule has 1 N–H and O–H groups in total. The molecule has 0 radical (unpaired) electrons. The predicted octanol–water partition coefficient (Wildman–Crippen LogP) is 3.60. The highest BCUT2D eigenvalue weighted by atomic mass is 127. The minimum absolute atomic E-state index is 0. The van der Waals surface area contributed by atoms with E-state index in [0.717, 1.165) is 38.6 Å². The van der Waals surface area contributed by atoms with Gasteiger partial charge in [-0.15, -0.1) is 37.1 Å². The van der Waals surface area contributed by atoms with Crippen molar-refractivity contribution in [2.75, 3.05) is 33.9 Å². The molecule has 1 saturated heterocycles. The van der Waals surface area contributed by atoms with E-state index in [-0.39, 0.29) is 41.7 Å². The maximum atomic E-state index is 12.6. The number of ether oxygens (including phenoxy) is 2. The third-order valence-electron chi connectivity index (χ3n) is 4.78. The van der Waals surface area contributed by atoms with Gasteiger partial charge in [-0.2, -0.15) is 0 Å². The van der Waals surface area contributed by atoms with Crippen LogP contribution in [0.3, 0.4) is 0 Å². The number of hydrogen-bond acceptors (Lipinski definition) is 3. The number of aliphatic imine (C=N–C) groups is 1. The first-order valence-corrected chi connectivity index (χ1v) is 8.74. The molecule has 1 aliphatic heterocycles. The summed E-state index contributed by atoms with van der Waals surface area (Å²) in [5.41, 5.74) is 0.574. The first-order valence-electron chi connectivity index (χ1n) is 8.74. The number of nitrogens with one attached hydrogen (secondary N) is 1. The first-order chi connectivity index (χ1) is 12.4. The summed E-state index contributed by atoms with van der Waals surface area (Å²) in [5.74, 6) is 1.09. The van der Waals surface area contributed by atoms with Crippen molar-refractivity contribution < 1.29 is 22.6 Å². The van der Waals surface area contributed by atoms with E-state index in [1.807, 2.05) is 11.9 Å². The molecule has 2 aliphatic rings. The molecule has 1 aromatic carbocycles. The summed E-state index contributed by atoms with van der Waals surface area (Å²) in [4.78, 5) is 6.35. The van der Waals surface area contributed by atoms with E-state index in [9.17, 15) is 13.2 Å². The van der Waals surface area contributed by atoms with Crippen LogP contribution in [0.5, 0.6) is 5.75 Å². The van der Waals surface area contributed by atoms with Gasteiger partial charge in [0.05, 0.1) is 6.61 Å². The van der Waals surface area contributed by atoms with Gasteiger partial charge in [-0.05, 0) is 24.5 Å². The fraction of sp³-hybridized carbons (Fsp3) is 0.611. The first kappa shape index (κ1) is 22.1. The summed E-state index contributed by atoms with van der Waals surface area (Å²) < 4.78 is 47.3. The minimum Gasteiger partial charge on any atom is -0.405 e. The molecule has 1 saturated carbocycles. The molecule has 0 amide bonds. The van der Waals surface area contributed by atoms with Crippen molar-refractivity contribution in [2.24, 2.45) is 10.9 Å². The Balaban J connectivity index is 0.00000261. The van der Waals surface area contributed by atoms with Gasteiger partial charge in [0.2, 0.25) is 0 Å². The Morgan fingerprint density at radius 1 is 1.37 bits per heavy atom. The van der Waals surface area contributed by atoms with Crippen LogP contribution < -0.4 is 10.1 Å². The number of para-hydroxylation sites is 1. The zero-order chi connectivity index (χ0) is 18.7. The highest BCUT2D eigenvalue weighted by Crippen LogP contribution is 2.45. The molecule has 0 spiro atoms. The fourth-order valence-electron chi connectivity index (χ4n) is 3.42. The third kappa shape index (κ3) is 6.13. The molecule has 5 nitrogen and oxygen atoms in total. The summed E-state index contributed by atoms with van der Waals surface area (Å²) in [5, 5.41) is 3.35. The van der Waals surface area contributed by atoms with E-state index < -0.39 is 6.36 Å². The van der Waals surface area contributed by atoms with Crippen LogP contribution in [0.25, 0.3) is 0 Å². The van der Waals surface area contributed by atoms with Gasteiger partial charge in [0.1, 0.15) is 5.75 Å². The average molecular weight is 499 g/mol. The van der Waals surface area contributed by atoms with Gasteiger partial charge in [0.15, 0.2) is 5.96 Å². The number of alkyl halides is 3. The number of hydrogen-bond donors (Lipinski definition) is 1. The molecule has 0 aromatic heterocycles. The molecule has 3 atom stereocenters. The number of rotatable bonds is 5. The molecule has 2 fully saturated rings. The van der Waals surface area contributed by atoms with Gasteiger partial charge >= 0.3 is 6.36 Å². The van der Waals surface area contributed by atoms with Crippen LogP contribution in [-0.4, -0.2) is 57.1 Å². The van der Waals surface area contributed by atoms with Crippen LogP contribution >= 0.6 is 24.0 Å². The molecule has 3 unspecified atom stereocenters. The minimum atomic E-state index is -4.69. The Bertz CT molecular complexity index is 651. The molecule has 1 aromatic rings. The van der Waals surface area contributed by atoms with Crippen molar-refractivity contribution in [1.82, 2.24) is 10.2 Å². The smallest absolute Gasteiger partial charge is 0.405 e. The second kappa shape index (κ2) is 9.31. The fourth-order valence-corrected chi connectivity index (χ4v) is 3.42. The predicted molar refractivity (Wildman–Crippen MR) is 108 cm³/mol. The zero-order valence-corrected chi connectivity index (χ0v) is 17.7. The van der Waals surface area contributed by atoms with Gasteiger partial charge < -0.3 is 19.7 Å². The number of guanidine groups is 1. The third-order valence-corrected chi connectivity index (χ3v) is 4.78. The zero-order valence-electron chi connectivity index (χ0n) is 15.3. The summed E-state index contributed by atoms with van der Waals surface area (Å²) in [6.07, 6.45) is -2.90. The molecule has 1 heterocycles.